The average Bonchev–Trinajstić information content (AvgIpc) is 3.01. The van der Waals surface area contributed by atoms with Crippen LogP contribution in [0.2, 0.25) is 0 Å². The van der Waals surface area contributed by atoms with E-state index >= 15 is 0 Å². The van der Waals surface area contributed by atoms with Gasteiger partial charge in [0.1, 0.15) is 13.2 Å². The summed E-state index contributed by atoms with van der Waals surface area (Å²) in [6, 6.07) is 11.4. The number of nitrogens with one attached hydrogen (secondary N) is 1. The molecule has 2 aromatic carbocycles. The van der Waals surface area contributed by atoms with Gasteiger partial charge in [0.25, 0.3) is 0 Å². The third-order valence-corrected chi connectivity index (χ3v) is 6.15. The summed E-state index contributed by atoms with van der Waals surface area (Å²) in [6.07, 6.45) is 0.111. The second-order valence-corrected chi connectivity index (χ2v) is 8.38. The Morgan fingerprint density at radius 1 is 1.04 bits per heavy atom. The molecule has 0 spiro atoms. The first-order valence-corrected chi connectivity index (χ1v) is 10.2. The van der Waals surface area contributed by atoms with Crippen molar-refractivity contribution in [2.24, 2.45) is 0 Å². The second kappa shape index (κ2) is 6.86. The third kappa shape index (κ3) is 3.63. The number of aryl methyl sites for hydroxylation is 1. The summed E-state index contributed by atoms with van der Waals surface area (Å²) in [5, 5.41) is 0. The molecule has 2 heterocycles. The Kier molecular flexibility index (Phi) is 4.53. The van der Waals surface area contributed by atoms with Gasteiger partial charge < -0.3 is 14.4 Å². The lowest BCUT2D eigenvalue weighted by atomic mass is 10.2. The van der Waals surface area contributed by atoms with Crippen LogP contribution >= 0.6 is 0 Å². The van der Waals surface area contributed by atoms with Gasteiger partial charge in [0.2, 0.25) is 15.9 Å². The Balaban J connectivity index is 1.50. The number of nitrogens with zero attached hydrogens (tertiary/aromatic N) is 1. The molecule has 2 aliphatic heterocycles. The topological polar surface area (TPSA) is 84.9 Å². The monoisotopic (exact) mass is 388 g/mol. The van der Waals surface area contributed by atoms with Crippen molar-refractivity contribution in [3.63, 3.8) is 0 Å². The molecule has 0 aliphatic carbocycles. The van der Waals surface area contributed by atoms with Gasteiger partial charge in [0, 0.05) is 30.8 Å². The summed E-state index contributed by atoms with van der Waals surface area (Å²) in [5.41, 5.74) is 1.65. The number of amides is 1. The van der Waals surface area contributed by atoms with Gasteiger partial charge in [-0.2, -0.15) is 0 Å². The van der Waals surface area contributed by atoms with Crippen molar-refractivity contribution in [1.29, 1.82) is 0 Å². The van der Waals surface area contributed by atoms with Crippen LogP contribution in [0.4, 0.5) is 5.69 Å². The Bertz CT molecular complexity index is 972. The Labute approximate surface area is 157 Å². The van der Waals surface area contributed by atoms with E-state index in [1.165, 1.54) is 0 Å². The highest BCUT2D eigenvalue weighted by Crippen LogP contribution is 2.35. The quantitative estimate of drug-likeness (QED) is 0.864. The molecule has 4 rings (SSSR count). The van der Waals surface area contributed by atoms with Gasteiger partial charge >= 0.3 is 0 Å². The van der Waals surface area contributed by atoms with E-state index in [1.807, 2.05) is 6.92 Å². The highest BCUT2D eigenvalue weighted by Gasteiger charge is 2.34. The molecule has 1 saturated heterocycles. The number of fused-ring (bicyclic) bond motifs is 1. The number of benzene rings is 2. The van der Waals surface area contributed by atoms with Gasteiger partial charge in [-0.1, -0.05) is 17.7 Å². The number of rotatable bonds is 4. The fourth-order valence-electron chi connectivity index (χ4n) is 3.24. The summed E-state index contributed by atoms with van der Waals surface area (Å²) >= 11 is 0. The number of ether oxygens (including phenoxy) is 2. The van der Waals surface area contributed by atoms with E-state index in [-0.39, 0.29) is 23.8 Å². The standard InChI is InChI=1S/C19H20N2O5S/c1-13-2-5-16(6-3-13)27(23,24)20-14-10-19(22)21(12-14)15-4-7-17-18(11-15)26-9-8-25-17/h2-7,11,14,20H,8-10,12H2,1H3/t14-/m1/s1. The van der Waals surface area contributed by atoms with Gasteiger partial charge in [-0.25, -0.2) is 13.1 Å². The van der Waals surface area contributed by atoms with E-state index in [4.69, 9.17) is 9.47 Å². The number of hydrogen-bond donors (Lipinski definition) is 1. The summed E-state index contributed by atoms with van der Waals surface area (Å²) in [4.78, 5) is 14.2. The molecule has 27 heavy (non-hydrogen) atoms. The van der Waals surface area contributed by atoms with Crippen LogP contribution in [0.5, 0.6) is 11.5 Å². The SMILES string of the molecule is Cc1ccc(S(=O)(=O)N[C@@H]2CC(=O)N(c3ccc4c(c3)OCCO4)C2)cc1. The highest BCUT2D eigenvalue weighted by atomic mass is 32.2. The van der Waals surface area contributed by atoms with Crippen LogP contribution in [0, 0.1) is 6.92 Å². The number of anilines is 1. The van der Waals surface area contributed by atoms with Gasteiger partial charge in [0.05, 0.1) is 4.90 Å². The molecule has 1 N–H and O–H groups in total. The van der Waals surface area contributed by atoms with Crippen molar-refractivity contribution in [1.82, 2.24) is 4.72 Å². The van der Waals surface area contributed by atoms with E-state index < -0.39 is 16.1 Å². The van der Waals surface area contributed by atoms with E-state index in [2.05, 4.69) is 4.72 Å². The van der Waals surface area contributed by atoms with Crippen molar-refractivity contribution < 1.29 is 22.7 Å². The predicted octanol–water partition coefficient (Wildman–Crippen LogP) is 1.85. The maximum Gasteiger partial charge on any atom is 0.240 e. The molecule has 1 atom stereocenters. The molecule has 2 aliphatic rings. The molecule has 1 amide bonds. The van der Waals surface area contributed by atoms with Crippen LogP contribution in [0.25, 0.3) is 0 Å². The smallest absolute Gasteiger partial charge is 0.240 e. The van der Waals surface area contributed by atoms with E-state index in [0.717, 1.165) is 5.56 Å². The first kappa shape index (κ1) is 17.8. The second-order valence-electron chi connectivity index (χ2n) is 6.67. The molecular weight excluding hydrogens is 368 g/mol. The minimum absolute atomic E-state index is 0.111. The van der Waals surface area contributed by atoms with Crippen molar-refractivity contribution in [2.75, 3.05) is 24.7 Å². The van der Waals surface area contributed by atoms with Crippen molar-refractivity contribution in [3.05, 3.63) is 48.0 Å². The highest BCUT2D eigenvalue weighted by molar-refractivity contribution is 7.89. The van der Waals surface area contributed by atoms with Crippen molar-refractivity contribution in [2.45, 2.75) is 24.3 Å². The van der Waals surface area contributed by atoms with Gasteiger partial charge in [-0.15, -0.1) is 0 Å². The molecule has 2 aromatic rings. The molecule has 0 aromatic heterocycles. The largest absolute Gasteiger partial charge is 0.486 e. The maximum absolute atomic E-state index is 12.6. The van der Waals surface area contributed by atoms with Crippen molar-refractivity contribution >= 4 is 21.6 Å². The molecule has 8 heteroatoms. The fourth-order valence-corrected chi connectivity index (χ4v) is 4.47. The van der Waals surface area contributed by atoms with Crippen LogP contribution < -0.4 is 19.1 Å². The van der Waals surface area contributed by atoms with Crippen molar-refractivity contribution in [3.8, 4) is 11.5 Å². The number of carbonyl (C=O) groups excluding carboxylic acids is 1. The Hall–Kier alpha value is -2.58. The molecule has 0 bridgehead atoms. The zero-order valence-electron chi connectivity index (χ0n) is 14.8. The lowest BCUT2D eigenvalue weighted by Gasteiger charge is -2.22. The number of sulfonamides is 1. The average molecular weight is 388 g/mol. The van der Waals surface area contributed by atoms with Crippen LogP contribution in [-0.4, -0.2) is 40.1 Å². The molecule has 0 saturated carbocycles. The van der Waals surface area contributed by atoms with Gasteiger partial charge in [0.15, 0.2) is 11.5 Å². The van der Waals surface area contributed by atoms with E-state index in [1.54, 1.807) is 47.4 Å². The Morgan fingerprint density at radius 2 is 1.74 bits per heavy atom. The summed E-state index contributed by atoms with van der Waals surface area (Å²) in [7, 11) is -3.68. The maximum atomic E-state index is 12.6. The third-order valence-electron chi connectivity index (χ3n) is 4.62. The minimum Gasteiger partial charge on any atom is -0.486 e. The van der Waals surface area contributed by atoms with Crippen LogP contribution in [0.15, 0.2) is 47.4 Å². The summed E-state index contributed by atoms with van der Waals surface area (Å²) in [5.74, 6) is 1.10. The minimum atomic E-state index is -3.68. The summed E-state index contributed by atoms with van der Waals surface area (Å²) in [6.45, 7) is 3.12. The van der Waals surface area contributed by atoms with E-state index in [9.17, 15) is 13.2 Å². The van der Waals surface area contributed by atoms with Gasteiger partial charge in [-0.3, -0.25) is 4.79 Å². The zero-order valence-corrected chi connectivity index (χ0v) is 15.7. The number of carbonyl (C=O) groups is 1. The molecule has 142 valence electrons. The molecule has 0 radical (unpaired) electrons. The summed E-state index contributed by atoms with van der Waals surface area (Å²) < 4.78 is 38.8. The first-order chi connectivity index (χ1) is 12.9. The number of hydrogen-bond acceptors (Lipinski definition) is 5. The molecular formula is C19H20N2O5S. The van der Waals surface area contributed by atoms with Crippen LogP contribution in [0.3, 0.4) is 0 Å². The predicted molar refractivity (Wildman–Crippen MR) is 99.7 cm³/mol. The fraction of sp³-hybridized carbons (Fsp3) is 0.316. The lowest BCUT2D eigenvalue weighted by molar-refractivity contribution is -0.117. The lowest BCUT2D eigenvalue weighted by Crippen LogP contribution is -2.37. The normalized spacial score (nSPS) is 19.4. The Morgan fingerprint density at radius 3 is 2.48 bits per heavy atom. The van der Waals surface area contributed by atoms with Crippen LogP contribution in [0.1, 0.15) is 12.0 Å². The molecule has 0 unspecified atom stereocenters. The van der Waals surface area contributed by atoms with Gasteiger partial charge in [-0.05, 0) is 31.2 Å². The first-order valence-electron chi connectivity index (χ1n) is 8.71. The molecule has 1 fully saturated rings. The van der Waals surface area contributed by atoms with E-state index in [0.29, 0.717) is 30.4 Å². The zero-order chi connectivity index (χ0) is 19.0. The van der Waals surface area contributed by atoms with Crippen LogP contribution in [-0.2, 0) is 14.8 Å². The molecule has 7 nitrogen and oxygen atoms in total.